The molecular formula is C21H24N6O2. The molecule has 1 saturated heterocycles. The quantitative estimate of drug-likeness (QED) is 0.694. The molecular weight excluding hydrogens is 368 g/mol. The molecule has 8 nitrogen and oxygen atoms in total. The lowest BCUT2D eigenvalue weighted by Gasteiger charge is -2.28. The van der Waals surface area contributed by atoms with Crippen LogP contribution in [0.15, 0.2) is 49.1 Å². The second-order valence-corrected chi connectivity index (χ2v) is 7.04. The maximum atomic E-state index is 12.3. The average Bonchev–Trinajstić information content (AvgIpc) is 3.23. The standard InChI is InChI=1S/C21H24N6O2/c1-29-19-7-5-6-16(10-19)11-20(28)25-17-12-24-27(15-17)21-22-13-18(14-23-21)26-8-3-2-4-9-26/h5-7,10,12-15H,2-4,8-9,11H2,1H3,(H,25,28). The van der Waals surface area contributed by atoms with Crippen LogP contribution in [0.2, 0.25) is 0 Å². The molecule has 0 atom stereocenters. The fourth-order valence-corrected chi connectivity index (χ4v) is 3.42. The molecule has 8 heteroatoms. The van der Waals surface area contributed by atoms with Gasteiger partial charge in [0, 0.05) is 13.1 Å². The third-order valence-corrected chi connectivity index (χ3v) is 4.92. The van der Waals surface area contributed by atoms with Gasteiger partial charge in [-0.2, -0.15) is 5.10 Å². The van der Waals surface area contributed by atoms with Crippen molar-refractivity contribution in [3.8, 4) is 11.7 Å². The van der Waals surface area contributed by atoms with Crippen molar-refractivity contribution in [2.45, 2.75) is 25.7 Å². The highest BCUT2D eigenvalue weighted by Gasteiger charge is 2.13. The van der Waals surface area contributed by atoms with Crippen LogP contribution in [-0.2, 0) is 11.2 Å². The molecule has 3 aromatic rings. The predicted octanol–water partition coefficient (Wildman–Crippen LogP) is 2.84. The number of nitrogens with one attached hydrogen (secondary N) is 1. The van der Waals surface area contributed by atoms with Crippen LogP contribution in [0.5, 0.6) is 5.75 Å². The molecule has 1 amide bonds. The van der Waals surface area contributed by atoms with E-state index in [1.165, 1.54) is 19.3 Å². The molecule has 1 aliphatic heterocycles. The molecule has 1 N–H and O–H groups in total. The van der Waals surface area contributed by atoms with E-state index in [0.29, 0.717) is 11.6 Å². The van der Waals surface area contributed by atoms with Crippen LogP contribution in [-0.4, -0.2) is 45.9 Å². The molecule has 29 heavy (non-hydrogen) atoms. The van der Waals surface area contributed by atoms with Crippen molar-refractivity contribution >= 4 is 17.3 Å². The number of amides is 1. The van der Waals surface area contributed by atoms with Gasteiger partial charge in [0.25, 0.3) is 5.95 Å². The molecule has 0 aliphatic carbocycles. The second kappa shape index (κ2) is 8.72. The fourth-order valence-electron chi connectivity index (χ4n) is 3.42. The summed E-state index contributed by atoms with van der Waals surface area (Å²) >= 11 is 0. The minimum atomic E-state index is -0.126. The largest absolute Gasteiger partial charge is 0.497 e. The van der Waals surface area contributed by atoms with E-state index in [9.17, 15) is 4.79 Å². The Balaban J connectivity index is 1.38. The molecule has 0 saturated carbocycles. The van der Waals surface area contributed by atoms with E-state index in [2.05, 4.69) is 25.3 Å². The van der Waals surface area contributed by atoms with Crippen LogP contribution >= 0.6 is 0 Å². The number of methoxy groups -OCH3 is 1. The molecule has 1 aromatic carbocycles. The molecule has 0 bridgehead atoms. The van der Waals surface area contributed by atoms with Crippen LogP contribution in [0, 0.1) is 0 Å². The number of hydrogen-bond donors (Lipinski definition) is 1. The Morgan fingerprint density at radius 2 is 1.93 bits per heavy atom. The van der Waals surface area contributed by atoms with E-state index in [0.717, 1.165) is 30.1 Å². The summed E-state index contributed by atoms with van der Waals surface area (Å²) in [6.45, 7) is 2.10. The Hall–Kier alpha value is -3.42. The third kappa shape index (κ3) is 4.71. The Bertz CT molecular complexity index is 963. The van der Waals surface area contributed by atoms with E-state index >= 15 is 0 Å². The number of hydrogen-bond acceptors (Lipinski definition) is 6. The van der Waals surface area contributed by atoms with Crippen LogP contribution < -0.4 is 15.0 Å². The minimum absolute atomic E-state index is 0.126. The van der Waals surface area contributed by atoms with Gasteiger partial charge in [0.05, 0.1) is 49.7 Å². The summed E-state index contributed by atoms with van der Waals surface area (Å²) in [5.41, 5.74) is 2.51. The zero-order valence-electron chi connectivity index (χ0n) is 16.4. The molecule has 3 heterocycles. The highest BCUT2D eigenvalue weighted by atomic mass is 16.5. The molecule has 2 aromatic heterocycles. The van der Waals surface area contributed by atoms with Crippen molar-refractivity contribution in [2.75, 3.05) is 30.4 Å². The van der Waals surface area contributed by atoms with Gasteiger partial charge in [0.1, 0.15) is 5.75 Å². The lowest BCUT2D eigenvalue weighted by molar-refractivity contribution is -0.115. The molecule has 0 radical (unpaired) electrons. The summed E-state index contributed by atoms with van der Waals surface area (Å²) in [4.78, 5) is 23.5. The maximum Gasteiger partial charge on any atom is 0.250 e. The monoisotopic (exact) mass is 392 g/mol. The highest BCUT2D eigenvalue weighted by Crippen LogP contribution is 2.19. The first-order valence-electron chi connectivity index (χ1n) is 9.76. The Morgan fingerprint density at radius 3 is 2.69 bits per heavy atom. The summed E-state index contributed by atoms with van der Waals surface area (Å²) in [5.74, 6) is 1.08. The second-order valence-electron chi connectivity index (χ2n) is 7.04. The van der Waals surface area contributed by atoms with Crippen molar-refractivity contribution in [3.05, 3.63) is 54.6 Å². The lowest BCUT2D eigenvalue weighted by atomic mass is 10.1. The third-order valence-electron chi connectivity index (χ3n) is 4.92. The summed E-state index contributed by atoms with van der Waals surface area (Å²) in [5, 5.41) is 7.11. The molecule has 1 aliphatic rings. The maximum absolute atomic E-state index is 12.3. The van der Waals surface area contributed by atoms with Gasteiger partial charge in [0.2, 0.25) is 5.91 Å². The number of aromatic nitrogens is 4. The molecule has 150 valence electrons. The van der Waals surface area contributed by atoms with Crippen molar-refractivity contribution in [3.63, 3.8) is 0 Å². The van der Waals surface area contributed by atoms with Crippen molar-refractivity contribution < 1.29 is 9.53 Å². The van der Waals surface area contributed by atoms with Gasteiger partial charge < -0.3 is 15.0 Å². The topological polar surface area (TPSA) is 85.2 Å². The van der Waals surface area contributed by atoms with Crippen molar-refractivity contribution in [2.24, 2.45) is 0 Å². The number of ether oxygens (including phenoxy) is 1. The minimum Gasteiger partial charge on any atom is -0.497 e. The number of carbonyl (C=O) groups excluding carboxylic acids is 1. The number of rotatable bonds is 6. The zero-order valence-corrected chi connectivity index (χ0v) is 16.4. The van der Waals surface area contributed by atoms with Gasteiger partial charge in [-0.3, -0.25) is 4.79 Å². The first kappa shape index (κ1) is 18.9. The van der Waals surface area contributed by atoms with E-state index < -0.39 is 0 Å². The Morgan fingerprint density at radius 1 is 1.14 bits per heavy atom. The zero-order chi connectivity index (χ0) is 20.1. The molecule has 4 rings (SSSR count). The molecule has 0 spiro atoms. The highest BCUT2D eigenvalue weighted by molar-refractivity contribution is 5.92. The Kier molecular flexibility index (Phi) is 5.69. The van der Waals surface area contributed by atoms with Gasteiger partial charge in [-0.1, -0.05) is 12.1 Å². The van der Waals surface area contributed by atoms with Gasteiger partial charge in [0.15, 0.2) is 0 Å². The van der Waals surface area contributed by atoms with Crippen LogP contribution in [0.1, 0.15) is 24.8 Å². The fraction of sp³-hybridized carbons (Fsp3) is 0.333. The lowest BCUT2D eigenvalue weighted by Crippen LogP contribution is -2.29. The van der Waals surface area contributed by atoms with Crippen molar-refractivity contribution in [1.82, 2.24) is 19.7 Å². The van der Waals surface area contributed by atoms with Crippen LogP contribution in [0.25, 0.3) is 5.95 Å². The first-order valence-corrected chi connectivity index (χ1v) is 9.76. The van der Waals surface area contributed by atoms with Crippen LogP contribution in [0.3, 0.4) is 0 Å². The number of carbonyl (C=O) groups is 1. The van der Waals surface area contributed by atoms with Gasteiger partial charge in [-0.25, -0.2) is 14.6 Å². The molecule has 0 unspecified atom stereocenters. The smallest absolute Gasteiger partial charge is 0.250 e. The number of benzene rings is 1. The van der Waals surface area contributed by atoms with E-state index in [1.807, 2.05) is 36.7 Å². The number of anilines is 2. The summed E-state index contributed by atoms with van der Waals surface area (Å²) in [6, 6.07) is 7.45. The number of piperidine rings is 1. The SMILES string of the molecule is COc1cccc(CC(=O)Nc2cnn(-c3ncc(N4CCCCC4)cn3)c2)c1. The van der Waals surface area contributed by atoms with Crippen LogP contribution in [0.4, 0.5) is 11.4 Å². The van der Waals surface area contributed by atoms with Gasteiger partial charge in [-0.15, -0.1) is 0 Å². The van der Waals surface area contributed by atoms with E-state index in [-0.39, 0.29) is 12.3 Å². The predicted molar refractivity (Wildman–Crippen MR) is 111 cm³/mol. The van der Waals surface area contributed by atoms with E-state index in [1.54, 1.807) is 24.2 Å². The van der Waals surface area contributed by atoms with E-state index in [4.69, 9.17) is 4.74 Å². The summed E-state index contributed by atoms with van der Waals surface area (Å²) in [7, 11) is 1.61. The molecule has 1 fully saturated rings. The average molecular weight is 392 g/mol. The van der Waals surface area contributed by atoms with Crippen molar-refractivity contribution in [1.29, 1.82) is 0 Å². The Labute approximate surface area is 169 Å². The first-order chi connectivity index (χ1) is 14.2. The van der Waals surface area contributed by atoms with Gasteiger partial charge in [-0.05, 0) is 37.0 Å². The summed E-state index contributed by atoms with van der Waals surface area (Å²) in [6.07, 6.45) is 10.9. The van der Waals surface area contributed by atoms with Gasteiger partial charge >= 0.3 is 0 Å². The number of nitrogens with zero attached hydrogens (tertiary/aromatic N) is 5. The summed E-state index contributed by atoms with van der Waals surface area (Å²) < 4.78 is 6.75. The normalized spacial score (nSPS) is 13.9.